The number of nitrogens with zero attached hydrogens (tertiary/aromatic N) is 2. The van der Waals surface area contributed by atoms with Crippen LogP contribution in [0.25, 0.3) is 0 Å². The summed E-state index contributed by atoms with van der Waals surface area (Å²) in [5.74, 6) is -1.75. The van der Waals surface area contributed by atoms with Crippen LogP contribution in [0.3, 0.4) is 0 Å². The van der Waals surface area contributed by atoms with Gasteiger partial charge in [-0.2, -0.15) is 0 Å². The minimum Gasteiger partial charge on any atom is -0.337 e. The van der Waals surface area contributed by atoms with Gasteiger partial charge in [-0.05, 0) is 49.1 Å². The van der Waals surface area contributed by atoms with Crippen molar-refractivity contribution in [2.45, 2.75) is 26.8 Å². The second-order valence-corrected chi connectivity index (χ2v) is 7.00. The van der Waals surface area contributed by atoms with Crippen molar-refractivity contribution in [3.8, 4) is 0 Å². The van der Waals surface area contributed by atoms with E-state index in [-0.39, 0.29) is 11.5 Å². The number of hydrogen-bond acceptors (Lipinski definition) is 2. The third kappa shape index (κ3) is 4.47. The van der Waals surface area contributed by atoms with E-state index in [9.17, 15) is 13.6 Å². The SMILES string of the molecule is Cc1ccc(CN2CCCN(C(=O)c3cc(F)cc(F)c3)CC2)cc1C. The zero-order chi connectivity index (χ0) is 18.7. The molecule has 0 atom stereocenters. The number of carbonyl (C=O) groups is 1. The Morgan fingerprint density at radius 3 is 2.35 bits per heavy atom. The lowest BCUT2D eigenvalue weighted by Crippen LogP contribution is -2.35. The Balaban J connectivity index is 1.64. The fraction of sp³-hybridized carbons (Fsp3) is 0.381. The molecule has 1 amide bonds. The Morgan fingerprint density at radius 2 is 1.65 bits per heavy atom. The summed E-state index contributed by atoms with van der Waals surface area (Å²) in [6, 6.07) is 9.47. The van der Waals surface area contributed by atoms with Crippen LogP contribution in [0.1, 0.15) is 33.5 Å². The van der Waals surface area contributed by atoms with Gasteiger partial charge in [0.05, 0.1) is 0 Å². The van der Waals surface area contributed by atoms with E-state index in [1.165, 1.54) is 16.7 Å². The molecule has 0 spiro atoms. The zero-order valence-electron chi connectivity index (χ0n) is 15.3. The van der Waals surface area contributed by atoms with E-state index in [1.54, 1.807) is 4.90 Å². The first kappa shape index (κ1) is 18.5. The lowest BCUT2D eigenvalue weighted by atomic mass is 10.1. The fourth-order valence-corrected chi connectivity index (χ4v) is 3.35. The number of benzene rings is 2. The minimum atomic E-state index is -0.723. The number of amides is 1. The fourth-order valence-electron chi connectivity index (χ4n) is 3.35. The lowest BCUT2D eigenvalue weighted by molar-refractivity contribution is 0.0760. The topological polar surface area (TPSA) is 23.6 Å². The van der Waals surface area contributed by atoms with Gasteiger partial charge in [0.2, 0.25) is 0 Å². The molecule has 0 aliphatic carbocycles. The Morgan fingerprint density at radius 1 is 0.923 bits per heavy atom. The van der Waals surface area contributed by atoms with E-state index < -0.39 is 11.6 Å². The molecule has 138 valence electrons. The van der Waals surface area contributed by atoms with E-state index in [4.69, 9.17) is 0 Å². The van der Waals surface area contributed by atoms with Crippen LogP contribution in [0, 0.1) is 25.5 Å². The highest BCUT2D eigenvalue weighted by Gasteiger charge is 2.21. The van der Waals surface area contributed by atoms with Crippen molar-refractivity contribution < 1.29 is 13.6 Å². The lowest BCUT2D eigenvalue weighted by Gasteiger charge is -2.22. The molecule has 5 heteroatoms. The Hall–Kier alpha value is -2.27. The molecule has 0 unspecified atom stereocenters. The molecule has 3 rings (SSSR count). The van der Waals surface area contributed by atoms with Crippen LogP contribution in [0.2, 0.25) is 0 Å². The highest BCUT2D eigenvalue weighted by Crippen LogP contribution is 2.16. The maximum absolute atomic E-state index is 13.4. The Bertz CT molecular complexity index is 786. The molecular formula is C21H24F2N2O. The van der Waals surface area contributed by atoms with Gasteiger partial charge in [0.15, 0.2) is 0 Å². The van der Waals surface area contributed by atoms with Gasteiger partial charge in [0, 0.05) is 44.4 Å². The van der Waals surface area contributed by atoms with Crippen molar-refractivity contribution in [2.75, 3.05) is 26.2 Å². The molecule has 1 saturated heterocycles. The molecule has 2 aromatic rings. The summed E-state index contributed by atoms with van der Waals surface area (Å²) in [6.45, 7) is 7.86. The van der Waals surface area contributed by atoms with Crippen LogP contribution in [0.4, 0.5) is 8.78 Å². The molecule has 0 bridgehead atoms. The maximum atomic E-state index is 13.4. The maximum Gasteiger partial charge on any atom is 0.254 e. The van der Waals surface area contributed by atoms with Gasteiger partial charge in [-0.3, -0.25) is 9.69 Å². The molecule has 3 nitrogen and oxygen atoms in total. The first-order valence-corrected chi connectivity index (χ1v) is 8.96. The largest absolute Gasteiger partial charge is 0.337 e. The molecule has 0 radical (unpaired) electrons. The Kier molecular flexibility index (Phi) is 5.67. The average molecular weight is 358 g/mol. The smallest absolute Gasteiger partial charge is 0.254 e. The molecular weight excluding hydrogens is 334 g/mol. The predicted octanol–water partition coefficient (Wildman–Crippen LogP) is 3.93. The van der Waals surface area contributed by atoms with E-state index in [1.807, 2.05) is 0 Å². The third-order valence-electron chi connectivity index (χ3n) is 4.96. The van der Waals surface area contributed by atoms with Crippen LogP contribution in [-0.4, -0.2) is 41.9 Å². The summed E-state index contributed by atoms with van der Waals surface area (Å²) in [4.78, 5) is 16.6. The molecule has 2 aromatic carbocycles. The summed E-state index contributed by atoms with van der Waals surface area (Å²) in [7, 11) is 0. The molecule has 1 heterocycles. The van der Waals surface area contributed by atoms with E-state index in [0.717, 1.165) is 44.3 Å². The zero-order valence-corrected chi connectivity index (χ0v) is 15.3. The first-order chi connectivity index (χ1) is 12.4. The normalized spacial score (nSPS) is 15.8. The van der Waals surface area contributed by atoms with Crippen molar-refractivity contribution in [3.05, 3.63) is 70.3 Å². The van der Waals surface area contributed by atoms with E-state index >= 15 is 0 Å². The molecule has 1 fully saturated rings. The van der Waals surface area contributed by atoms with Crippen molar-refractivity contribution in [2.24, 2.45) is 0 Å². The van der Waals surface area contributed by atoms with Gasteiger partial charge in [-0.1, -0.05) is 18.2 Å². The van der Waals surface area contributed by atoms with Crippen molar-refractivity contribution >= 4 is 5.91 Å². The van der Waals surface area contributed by atoms with Gasteiger partial charge in [0.25, 0.3) is 5.91 Å². The predicted molar refractivity (Wildman–Crippen MR) is 98.1 cm³/mol. The second-order valence-electron chi connectivity index (χ2n) is 7.00. The van der Waals surface area contributed by atoms with Gasteiger partial charge in [-0.15, -0.1) is 0 Å². The van der Waals surface area contributed by atoms with Crippen LogP contribution < -0.4 is 0 Å². The van der Waals surface area contributed by atoms with Crippen LogP contribution >= 0.6 is 0 Å². The Labute approximate surface area is 153 Å². The molecule has 1 aliphatic rings. The quantitative estimate of drug-likeness (QED) is 0.830. The van der Waals surface area contributed by atoms with Gasteiger partial charge < -0.3 is 4.90 Å². The second kappa shape index (κ2) is 7.96. The molecule has 0 aromatic heterocycles. The number of hydrogen-bond donors (Lipinski definition) is 0. The van der Waals surface area contributed by atoms with Crippen molar-refractivity contribution in [3.63, 3.8) is 0 Å². The summed E-state index contributed by atoms with van der Waals surface area (Å²) in [5.41, 5.74) is 3.90. The van der Waals surface area contributed by atoms with Crippen molar-refractivity contribution in [1.82, 2.24) is 9.80 Å². The average Bonchev–Trinajstić information content (AvgIpc) is 2.82. The molecule has 0 N–H and O–H groups in total. The number of aryl methyl sites for hydroxylation is 2. The molecule has 0 saturated carbocycles. The van der Waals surface area contributed by atoms with Crippen LogP contribution in [0.15, 0.2) is 36.4 Å². The number of carbonyl (C=O) groups excluding carboxylic acids is 1. The van der Waals surface area contributed by atoms with Gasteiger partial charge in [0.1, 0.15) is 11.6 Å². The molecule has 26 heavy (non-hydrogen) atoms. The standard InChI is InChI=1S/C21H24F2N2O/c1-15-4-5-17(10-16(15)2)14-24-6-3-7-25(9-8-24)21(26)18-11-19(22)13-20(23)12-18/h4-5,10-13H,3,6-9,14H2,1-2H3. The van der Waals surface area contributed by atoms with Crippen LogP contribution in [0.5, 0.6) is 0 Å². The molecule has 1 aliphatic heterocycles. The monoisotopic (exact) mass is 358 g/mol. The van der Waals surface area contributed by atoms with Crippen molar-refractivity contribution in [1.29, 1.82) is 0 Å². The van der Waals surface area contributed by atoms with E-state index in [0.29, 0.717) is 13.1 Å². The minimum absolute atomic E-state index is 0.0742. The highest BCUT2D eigenvalue weighted by atomic mass is 19.1. The number of rotatable bonds is 3. The summed E-state index contributed by atoms with van der Waals surface area (Å²) in [6.07, 6.45) is 0.842. The first-order valence-electron chi connectivity index (χ1n) is 8.96. The van der Waals surface area contributed by atoms with Gasteiger partial charge >= 0.3 is 0 Å². The third-order valence-corrected chi connectivity index (χ3v) is 4.96. The van der Waals surface area contributed by atoms with Gasteiger partial charge in [-0.25, -0.2) is 8.78 Å². The summed E-state index contributed by atoms with van der Waals surface area (Å²) in [5, 5.41) is 0. The highest BCUT2D eigenvalue weighted by molar-refractivity contribution is 5.94. The van der Waals surface area contributed by atoms with E-state index in [2.05, 4.69) is 36.9 Å². The van der Waals surface area contributed by atoms with Crippen LogP contribution in [-0.2, 0) is 6.54 Å². The number of halogens is 2. The summed E-state index contributed by atoms with van der Waals surface area (Å²) >= 11 is 0. The summed E-state index contributed by atoms with van der Waals surface area (Å²) < 4.78 is 26.8.